The molecule has 19 heavy (non-hydrogen) atoms. The second kappa shape index (κ2) is 7.28. The van der Waals surface area contributed by atoms with E-state index in [1.165, 1.54) is 12.8 Å². The number of aromatic nitrogens is 2. The van der Waals surface area contributed by atoms with E-state index in [-0.39, 0.29) is 0 Å². The van der Waals surface area contributed by atoms with Crippen LogP contribution in [0.4, 0.5) is 11.6 Å². The van der Waals surface area contributed by atoms with Gasteiger partial charge in [-0.3, -0.25) is 0 Å². The molecule has 5 heteroatoms. The average molecular weight is 263 g/mol. The third-order valence-corrected chi connectivity index (χ3v) is 3.39. The van der Waals surface area contributed by atoms with Crippen molar-refractivity contribution in [2.75, 3.05) is 36.8 Å². The van der Waals surface area contributed by atoms with Crippen molar-refractivity contribution in [2.24, 2.45) is 11.8 Å². The van der Waals surface area contributed by atoms with Crippen LogP contribution in [0.15, 0.2) is 12.4 Å². The van der Waals surface area contributed by atoms with Crippen LogP contribution in [0.3, 0.4) is 0 Å². The summed E-state index contributed by atoms with van der Waals surface area (Å²) in [5.74, 6) is 3.18. The Morgan fingerprint density at radius 2 is 1.89 bits per heavy atom. The topological polar surface area (TPSA) is 61.9 Å². The van der Waals surface area contributed by atoms with Gasteiger partial charge < -0.3 is 16.0 Å². The van der Waals surface area contributed by atoms with Gasteiger partial charge in [0.2, 0.25) is 0 Å². The highest BCUT2D eigenvalue weighted by molar-refractivity contribution is 5.46. The molecule has 0 spiro atoms. The van der Waals surface area contributed by atoms with E-state index >= 15 is 0 Å². The van der Waals surface area contributed by atoms with Crippen LogP contribution in [0.25, 0.3) is 0 Å². The smallest absolute Gasteiger partial charge is 0.131 e. The zero-order valence-corrected chi connectivity index (χ0v) is 11.9. The first-order valence-electron chi connectivity index (χ1n) is 7.24. The molecule has 2 heterocycles. The van der Waals surface area contributed by atoms with Crippen molar-refractivity contribution in [2.45, 2.75) is 26.7 Å². The lowest BCUT2D eigenvalue weighted by Crippen LogP contribution is -2.31. The molecular formula is C14H25N5. The summed E-state index contributed by atoms with van der Waals surface area (Å²) < 4.78 is 0. The van der Waals surface area contributed by atoms with Gasteiger partial charge >= 0.3 is 0 Å². The van der Waals surface area contributed by atoms with Gasteiger partial charge in [0.25, 0.3) is 0 Å². The van der Waals surface area contributed by atoms with Crippen molar-refractivity contribution in [3.05, 3.63) is 12.4 Å². The predicted octanol–water partition coefficient (Wildman–Crippen LogP) is 1.96. The molecule has 1 aromatic heterocycles. The quantitative estimate of drug-likeness (QED) is 0.732. The van der Waals surface area contributed by atoms with Crippen LogP contribution in [0.1, 0.15) is 26.7 Å². The minimum absolute atomic E-state index is 0.612. The van der Waals surface area contributed by atoms with Gasteiger partial charge in [-0.25, -0.2) is 9.97 Å². The summed E-state index contributed by atoms with van der Waals surface area (Å²) in [5, 5.41) is 10.1. The Morgan fingerprint density at radius 3 is 2.58 bits per heavy atom. The van der Waals surface area contributed by atoms with Crippen LogP contribution < -0.4 is 16.0 Å². The van der Waals surface area contributed by atoms with E-state index in [2.05, 4.69) is 39.8 Å². The Bertz CT molecular complexity index is 374. The fraction of sp³-hybridized carbons (Fsp3) is 0.714. The highest BCUT2D eigenvalue weighted by atomic mass is 15.1. The molecule has 0 aromatic carbocycles. The van der Waals surface area contributed by atoms with Crippen LogP contribution in [0.2, 0.25) is 0 Å². The van der Waals surface area contributed by atoms with Gasteiger partial charge in [-0.05, 0) is 37.8 Å². The second-order valence-corrected chi connectivity index (χ2v) is 5.64. The zero-order chi connectivity index (χ0) is 13.5. The maximum absolute atomic E-state index is 4.27. The lowest BCUT2D eigenvalue weighted by molar-refractivity contribution is 0.389. The summed E-state index contributed by atoms with van der Waals surface area (Å²) in [6.45, 7) is 8.58. The third-order valence-electron chi connectivity index (χ3n) is 3.39. The van der Waals surface area contributed by atoms with Gasteiger partial charge in [0.1, 0.15) is 18.0 Å². The Kier molecular flexibility index (Phi) is 5.39. The van der Waals surface area contributed by atoms with Crippen molar-refractivity contribution in [1.82, 2.24) is 15.3 Å². The number of hydrogen-bond acceptors (Lipinski definition) is 5. The molecule has 1 aliphatic rings. The van der Waals surface area contributed by atoms with Crippen molar-refractivity contribution in [1.29, 1.82) is 0 Å². The SMILES string of the molecule is CC(C)CNc1cc(NCC2CCNCC2)ncn1. The van der Waals surface area contributed by atoms with Gasteiger partial charge in [-0.15, -0.1) is 0 Å². The Hall–Kier alpha value is -1.36. The van der Waals surface area contributed by atoms with E-state index in [0.29, 0.717) is 5.92 Å². The monoisotopic (exact) mass is 263 g/mol. The Labute approximate surface area is 115 Å². The van der Waals surface area contributed by atoms with Gasteiger partial charge in [0.05, 0.1) is 0 Å². The molecule has 0 radical (unpaired) electrons. The average Bonchev–Trinajstić information content (AvgIpc) is 2.44. The zero-order valence-electron chi connectivity index (χ0n) is 11.9. The number of piperidine rings is 1. The molecule has 1 aromatic rings. The maximum Gasteiger partial charge on any atom is 0.131 e. The van der Waals surface area contributed by atoms with Crippen LogP contribution in [-0.4, -0.2) is 36.1 Å². The summed E-state index contributed by atoms with van der Waals surface area (Å²) >= 11 is 0. The lowest BCUT2D eigenvalue weighted by Gasteiger charge is -2.23. The molecule has 0 unspecified atom stereocenters. The third kappa shape index (κ3) is 5.03. The molecule has 1 aliphatic heterocycles. The van der Waals surface area contributed by atoms with Crippen molar-refractivity contribution < 1.29 is 0 Å². The summed E-state index contributed by atoms with van der Waals surface area (Å²) in [4.78, 5) is 8.51. The number of nitrogens with one attached hydrogen (secondary N) is 3. The number of rotatable bonds is 6. The van der Waals surface area contributed by atoms with Crippen molar-refractivity contribution >= 4 is 11.6 Å². The standard InChI is InChI=1S/C14H25N5/c1-11(2)8-16-13-7-14(19-10-18-13)17-9-12-3-5-15-6-4-12/h7,10-12,15H,3-6,8-9H2,1-2H3,(H2,16,17,18,19). The fourth-order valence-corrected chi connectivity index (χ4v) is 2.19. The van der Waals surface area contributed by atoms with Crippen molar-refractivity contribution in [3.8, 4) is 0 Å². The van der Waals surface area contributed by atoms with Crippen LogP contribution in [0.5, 0.6) is 0 Å². The molecule has 0 bridgehead atoms. The number of anilines is 2. The lowest BCUT2D eigenvalue weighted by atomic mass is 9.98. The first-order chi connectivity index (χ1) is 9.24. The summed E-state index contributed by atoms with van der Waals surface area (Å²) in [5.41, 5.74) is 0. The molecule has 2 rings (SSSR count). The van der Waals surface area contributed by atoms with Gasteiger partial charge in [-0.1, -0.05) is 13.8 Å². The molecule has 106 valence electrons. The number of hydrogen-bond donors (Lipinski definition) is 3. The van der Waals surface area contributed by atoms with E-state index < -0.39 is 0 Å². The van der Waals surface area contributed by atoms with Crippen LogP contribution in [0, 0.1) is 11.8 Å². The van der Waals surface area contributed by atoms with Crippen LogP contribution >= 0.6 is 0 Å². The summed E-state index contributed by atoms with van der Waals surface area (Å²) in [7, 11) is 0. The molecule has 0 aliphatic carbocycles. The summed E-state index contributed by atoms with van der Waals surface area (Å²) in [6.07, 6.45) is 4.11. The minimum Gasteiger partial charge on any atom is -0.370 e. The van der Waals surface area contributed by atoms with E-state index in [9.17, 15) is 0 Å². The van der Waals surface area contributed by atoms with Crippen molar-refractivity contribution in [3.63, 3.8) is 0 Å². The largest absolute Gasteiger partial charge is 0.370 e. The molecule has 0 atom stereocenters. The molecule has 3 N–H and O–H groups in total. The van der Waals surface area contributed by atoms with E-state index in [1.807, 2.05) is 6.07 Å². The second-order valence-electron chi connectivity index (χ2n) is 5.64. The highest BCUT2D eigenvalue weighted by Gasteiger charge is 2.12. The first kappa shape index (κ1) is 14.1. The van der Waals surface area contributed by atoms with E-state index in [4.69, 9.17) is 0 Å². The number of nitrogens with zero attached hydrogens (tertiary/aromatic N) is 2. The Balaban J connectivity index is 1.80. The molecular weight excluding hydrogens is 238 g/mol. The first-order valence-corrected chi connectivity index (χ1v) is 7.24. The molecule has 0 saturated carbocycles. The van der Waals surface area contributed by atoms with Gasteiger partial charge in [-0.2, -0.15) is 0 Å². The molecule has 1 saturated heterocycles. The van der Waals surface area contributed by atoms with Gasteiger partial charge in [0.15, 0.2) is 0 Å². The Morgan fingerprint density at radius 1 is 1.21 bits per heavy atom. The molecule has 1 fully saturated rings. The molecule has 0 amide bonds. The van der Waals surface area contributed by atoms with E-state index in [0.717, 1.165) is 43.7 Å². The molecule has 5 nitrogen and oxygen atoms in total. The highest BCUT2D eigenvalue weighted by Crippen LogP contribution is 2.14. The van der Waals surface area contributed by atoms with E-state index in [1.54, 1.807) is 6.33 Å². The van der Waals surface area contributed by atoms with Crippen LogP contribution in [-0.2, 0) is 0 Å². The normalized spacial score (nSPS) is 16.6. The summed E-state index contributed by atoms with van der Waals surface area (Å²) in [6, 6.07) is 1.99. The minimum atomic E-state index is 0.612. The predicted molar refractivity (Wildman–Crippen MR) is 79.4 cm³/mol. The fourth-order valence-electron chi connectivity index (χ4n) is 2.19. The van der Waals surface area contributed by atoms with Gasteiger partial charge in [0, 0.05) is 19.2 Å². The maximum atomic E-state index is 4.27.